The van der Waals surface area contributed by atoms with E-state index >= 15 is 0 Å². The number of hydrogen-bond acceptors (Lipinski definition) is 3. The molecule has 4 rings (SSSR count). The van der Waals surface area contributed by atoms with E-state index in [9.17, 15) is 14.4 Å². The zero-order valence-electron chi connectivity index (χ0n) is 13.2. The quantitative estimate of drug-likeness (QED) is 0.699. The number of allylic oxidation sites excluding steroid dienone is 2. The van der Waals surface area contributed by atoms with Gasteiger partial charge in [0.15, 0.2) is 5.78 Å². The molecule has 3 heteroatoms. The molecule has 22 heavy (non-hydrogen) atoms. The predicted molar refractivity (Wildman–Crippen MR) is 82.0 cm³/mol. The molecule has 0 saturated heterocycles. The molecule has 3 fully saturated rings. The molecule has 0 spiro atoms. The maximum Gasteiger partial charge on any atom is 0.155 e. The molecular formula is C19H24O3. The van der Waals surface area contributed by atoms with Crippen LogP contribution in [0.2, 0.25) is 0 Å². The Labute approximate surface area is 131 Å². The molecule has 3 saturated carbocycles. The molecule has 0 aromatic rings. The first-order valence-corrected chi connectivity index (χ1v) is 8.73. The van der Waals surface area contributed by atoms with Crippen molar-refractivity contribution in [2.45, 2.75) is 51.9 Å². The van der Waals surface area contributed by atoms with Crippen molar-refractivity contribution >= 4 is 17.9 Å². The molecule has 6 atom stereocenters. The molecule has 118 valence electrons. The Balaban J connectivity index is 1.74. The van der Waals surface area contributed by atoms with Gasteiger partial charge in [-0.2, -0.15) is 0 Å². The van der Waals surface area contributed by atoms with Crippen LogP contribution in [0.4, 0.5) is 0 Å². The monoisotopic (exact) mass is 300 g/mol. The van der Waals surface area contributed by atoms with Gasteiger partial charge in [-0.1, -0.05) is 13.0 Å². The van der Waals surface area contributed by atoms with Gasteiger partial charge < -0.3 is 4.79 Å². The van der Waals surface area contributed by atoms with E-state index < -0.39 is 5.41 Å². The Morgan fingerprint density at radius 3 is 2.73 bits per heavy atom. The van der Waals surface area contributed by atoms with Crippen molar-refractivity contribution in [2.24, 2.45) is 34.5 Å². The molecule has 0 N–H and O–H groups in total. The zero-order chi connectivity index (χ0) is 15.5. The first kappa shape index (κ1) is 14.3. The van der Waals surface area contributed by atoms with Crippen molar-refractivity contribution in [3.8, 4) is 0 Å². The minimum atomic E-state index is -0.441. The second-order valence-electron chi connectivity index (χ2n) is 8.19. The lowest BCUT2D eigenvalue weighted by molar-refractivity contribution is -0.141. The van der Waals surface area contributed by atoms with Gasteiger partial charge >= 0.3 is 0 Å². The topological polar surface area (TPSA) is 51.2 Å². The van der Waals surface area contributed by atoms with E-state index in [1.165, 1.54) is 0 Å². The van der Waals surface area contributed by atoms with Crippen LogP contribution in [0, 0.1) is 34.5 Å². The summed E-state index contributed by atoms with van der Waals surface area (Å²) in [4.78, 5) is 36.2. The average molecular weight is 300 g/mol. The molecule has 1 unspecified atom stereocenters. The Kier molecular flexibility index (Phi) is 3.02. The number of Topliss-reactive ketones (excluding diaryl/α,β-unsaturated/α-hetero) is 1. The van der Waals surface area contributed by atoms with Gasteiger partial charge in [0.25, 0.3) is 0 Å². The van der Waals surface area contributed by atoms with E-state index in [0.29, 0.717) is 30.0 Å². The first-order valence-electron chi connectivity index (χ1n) is 8.73. The maximum atomic E-state index is 12.4. The number of ketones is 2. The number of hydrogen-bond donors (Lipinski definition) is 0. The van der Waals surface area contributed by atoms with Gasteiger partial charge in [0.1, 0.15) is 12.1 Å². The summed E-state index contributed by atoms with van der Waals surface area (Å²) in [5, 5.41) is 0. The second-order valence-corrected chi connectivity index (χ2v) is 8.19. The van der Waals surface area contributed by atoms with Crippen LogP contribution in [-0.4, -0.2) is 17.9 Å². The van der Waals surface area contributed by atoms with Crippen LogP contribution >= 0.6 is 0 Å². The fourth-order valence-electron chi connectivity index (χ4n) is 6.34. The van der Waals surface area contributed by atoms with E-state index in [1.54, 1.807) is 6.08 Å². The largest absolute Gasteiger partial charge is 0.302 e. The van der Waals surface area contributed by atoms with E-state index in [2.05, 4.69) is 6.92 Å². The lowest BCUT2D eigenvalue weighted by Gasteiger charge is -2.56. The lowest BCUT2D eigenvalue weighted by Crippen LogP contribution is -2.54. The number of carbonyl (C=O) groups excluding carboxylic acids is 3. The summed E-state index contributed by atoms with van der Waals surface area (Å²) in [6, 6.07) is 0. The van der Waals surface area contributed by atoms with Gasteiger partial charge in [0.05, 0.1) is 5.41 Å². The fourth-order valence-corrected chi connectivity index (χ4v) is 6.34. The molecule has 0 aromatic heterocycles. The molecule has 0 bridgehead atoms. The van der Waals surface area contributed by atoms with E-state index in [0.717, 1.165) is 44.8 Å². The van der Waals surface area contributed by atoms with Crippen LogP contribution in [0.5, 0.6) is 0 Å². The van der Waals surface area contributed by atoms with Gasteiger partial charge in [-0.3, -0.25) is 9.59 Å². The molecule has 0 radical (unpaired) electrons. The summed E-state index contributed by atoms with van der Waals surface area (Å²) in [5.74, 6) is 2.04. The molecule has 4 aliphatic carbocycles. The average Bonchev–Trinajstić information content (AvgIpc) is 2.82. The van der Waals surface area contributed by atoms with Crippen LogP contribution in [-0.2, 0) is 14.4 Å². The minimum Gasteiger partial charge on any atom is -0.302 e. The van der Waals surface area contributed by atoms with Crippen LogP contribution in [0.1, 0.15) is 51.9 Å². The summed E-state index contributed by atoms with van der Waals surface area (Å²) < 4.78 is 0. The molecule has 0 heterocycles. The van der Waals surface area contributed by atoms with Gasteiger partial charge in [-0.25, -0.2) is 0 Å². The van der Waals surface area contributed by atoms with E-state index in [4.69, 9.17) is 0 Å². The standard InChI is InChI=1S/C19H24O3/c1-18-8-7-16-14(15(18)4-5-17(18)22)3-2-12-10-13(21)6-9-19(12,16)11-20/h6,9,11-12,14-16H,2-5,7-8,10H2,1H3/t12?,14-,15-,16-,18-,19+/m0/s1. The number of carbonyl (C=O) groups is 3. The highest BCUT2D eigenvalue weighted by atomic mass is 16.1. The summed E-state index contributed by atoms with van der Waals surface area (Å²) >= 11 is 0. The van der Waals surface area contributed by atoms with Crippen LogP contribution in [0.25, 0.3) is 0 Å². The summed E-state index contributed by atoms with van der Waals surface area (Å²) in [6.45, 7) is 2.16. The first-order chi connectivity index (χ1) is 10.5. The third kappa shape index (κ3) is 1.65. The van der Waals surface area contributed by atoms with Crippen molar-refractivity contribution in [1.82, 2.24) is 0 Å². The summed E-state index contributed by atoms with van der Waals surface area (Å²) in [6.07, 6.45) is 10.9. The number of fused-ring (bicyclic) bond motifs is 5. The molecule has 3 nitrogen and oxygen atoms in total. The lowest BCUT2D eigenvalue weighted by atomic mass is 9.46. The van der Waals surface area contributed by atoms with Gasteiger partial charge in [0.2, 0.25) is 0 Å². The van der Waals surface area contributed by atoms with Gasteiger partial charge in [-0.15, -0.1) is 0 Å². The normalized spacial score (nSPS) is 50.2. The predicted octanol–water partition coefficient (Wildman–Crippen LogP) is 3.12. The van der Waals surface area contributed by atoms with Gasteiger partial charge in [-0.05, 0) is 61.9 Å². The fraction of sp³-hybridized carbons (Fsp3) is 0.737. The molecule has 0 aliphatic heterocycles. The molecular weight excluding hydrogens is 276 g/mol. The summed E-state index contributed by atoms with van der Waals surface area (Å²) in [5.41, 5.74) is -0.587. The second kappa shape index (κ2) is 4.62. The Hall–Kier alpha value is -1.25. The third-order valence-electron chi connectivity index (χ3n) is 7.55. The Morgan fingerprint density at radius 2 is 1.95 bits per heavy atom. The maximum absolute atomic E-state index is 12.4. The van der Waals surface area contributed by atoms with Crippen molar-refractivity contribution < 1.29 is 14.4 Å². The van der Waals surface area contributed by atoms with Crippen LogP contribution in [0.3, 0.4) is 0 Å². The number of aldehydes is 1. The van der Waals surface area contributed by atoms with Gasteiger partial charge in [0, 0.05) is 18.3 Å². The van der Waals surface area contributed by atoms with Crippen LogP contribution in [0.15, 0.2) is 12.2 Å². The smallest absolute Gasteiger partial charge is 0.155 e. The third-order valence-corrected chi connectivity index (χ3v) is 7.55. The van der Waals surface area contributed by atoms with Crippen molar-refractivity contribution in [3.05, 3.63) is 12.2 Å². The number of rotatable bonds is 1. The highest BCUT2D eigenvalue weighted by Gasteiger charge is 2.60. The Bertz CT molecular complexity index is 577. The SMILES string of the molecule is C[C@]12CC[C@H]3[C@@H](CCC4CC(=O)C=C[C@@]43C=O)[C@@H]1CCC2=O. The summed E-state index contributed by atoms with van der Waals surface area (Å²) in [7, 11) is 0. The minimum absolute atomic E-state index is 0.147. The Morgan fingerprint density at radius 1 is 1.14 bits per heavy atom. The van der Waals surface area contributed by atoms with E-state index in [-0.39, 0.29) is 17.1 Å². The zero-order valence-corrected chi connectivity index (χ0v) is 13.2. The molecule has 0 amide bonds. The molecule has 4 aliphatic rings. The molecule has 0 aromatic carbocycles. The van der Waals surface area contributed by atoms with Crippen molar-refractivity contribution in [1.29, 1.82) is 0 Å². The highest BCUT2D eigenvalue weighted by Crippen LogP contribution is 2.63. The van der Waals surface area contributed by atoms with Crippen molar-refractivity contribution in [3.63, 3.8) is 0 Å². The van der Waals surface area contributed by atoms with E-state index in [1.807, 2.05) is 6.08 Å². The van der Waals surface area contributed by atoms with Crippen LogP contribution < -0.4 is 0 Å². The highest BCUT2D eigenvalue weighted by molar-refractivity contribution is 5.93. The van der Waals surface area contributed by atoms with Crippen molar-refractivity contribution in [2.75, 3.05) is 0 Å².